The van der Waals surface area contributed by atoms with Gasteiger partial charge in [-0.25, -0.2) is 0 Å². The molecule has 0 nitrogen and oxygen atoms in total. The van der Waals surface area contributed by atoms with Crippen molar-refractivity contribution in [1.29, 1.82) is 0 Å². The average molecular weight is 138 g/mol. The van der Waals surface area contributed by atoms with E-state index in [0.29, 0.717) is 5.41 Å². The zero-order chi connectivity index (χ0) is 7.94. The lowest BCUT2D eigenvalue weighted by Crippen LogP contribution is -2.18. The molecule has 0 heteroatoms. The number of hydrogen-bond donors (Lipinski definition) is 0. The molecular weight excluding hydrogens is 120 g/mol. The molecule has 0 aromatic heterocycles. The molecular formula is C10H18. The third kappa shape index (κ3) is 1.00. The zero-order valence-electron chi connectivity index (χ0n) is 7.73. The smallest absolute Gasteiger partial charge is 0.0141 e. The van der Waals surface area contributed by atoms with Gasteiger partial charge in [0.15, 0.2) is 0 Å². The molecule has 0 saturated carbocycles. The summed E-state index contributed by atoms with van der Waals surface area (Å²) in [4.78, 5) is 0. The Morgan fingerprint density at radius 2 is 1.80 bits per heavy atom. The largest absolute Gasteiger partial charge is 0.0794 e. The van der Waals surface area contributed by atoms with E-state index in [2.05, 4.69) is 40.7 Å². The van der Waals surface area contributed by atoms with Gasteiger partial charge in [0.2, 0.25) is 0 Å². The second-order valence-corrected chi connectivity index (χ2v) is 4.29. The summed E-state index contributed by atoms with van der Waals surface area (Å²) in [5.41, 5.74) is 2.00. The molecule has 1 aliphatic rings. The molecule has 0 aromatic rings. The highest BCUT2D eigenvalue weighted by molar-refractivity contribution is 5.18. The van der Waals surface area contributed by atoms with Crippen molar-refractivity contribution < 1.29 is 0 Å². The van der Waals surface area contributed by atoms with E-state index >= 15 is 0 Å². The van der Waals surface area contributed by atoms with E-state index in [9.17, 15) is 0 Å². The van der Waals surface area contributed by atoms with E-state index in [1.54, 1.807) is 5.57 Å². The molecule has 0 aromatic carbocycles. The molecule has 0 spiro atoms. The van der Waals surface area contributed by atoms with Gasteiger partial charge in [-0.3, -0.25) is 0 Å². The van der Waals surface area contributed by atoms with Gasteiger partial charge in [0.05, 0.1) is 0 Å². The first-order valence-electron chi connectivity index (χ1n) is 4.14. The fraction of sp³-hybridized carbons (Fsp3) is 0.800. The Hall–Kier alpha value is -0.260. The molecule has 2 atom stereocenters. The van der Waals surface area contributed by atoms with Gasteiger partial charge in [0.25, 0.3) is 0 Å². The normalized spacial score (nSPS) is 37.9. The van der Waals surface area contributed by atoms with E-state index in [-0.39, 0.29) is 0 Å². The summed E-state index contributed by atoms with van der Waals surface area (Å²) in [5.74, 6) is 1.60. The molecule has 0 N–H and O–H groups in total. The Kier molecular flexibility index (Phi) is 1.66. The van der Waals surface area contributed by atoms with Crippen LogP contribution in [0.5, 0.6) is 0 Å². The first-order valence-corrected chi connectivity index (χ1v) is 4.14. The SMILES string of the molecule is CC1=CC(C)(C)[C@@H](C)[C@H]1C. The van der Waals surface area contributed by atoms with E-state index in [1.807, 2.05) is 0 Å². The van der Waals surface area contributed by atoms with Crippen LogP contribution in [0.4, 0.5) is 0 Å². The molecule has 0 bridgehead atoms. The van der Waals surface area contributed by atoms with Crippen molar-refractivity contribution in [3.8, 4) is 0 Å². The highest BCUT2D eigenvalue weighted by Crippen LogP contribution is 2.43. The van der Waals surface area contributed by atoms with Crippen molar-refractivity contribution >= 4 is 0 Å². The van der Waals surface area contributed by atoms with Gasteiger partial charge < -0.3 is 0 Å². The minimum atomic E-state index is 0.434. The Morgan fingerprint density at radius 3 is 1.90 bits per heavy atom. The summed E-state index contributed by atoms with van der Waals surface area (Å²) in [6.45, 7) is 11.6. The van der Waals surface area contributed by atoms with E-state index in [1.165, 1.54) is 0 Å². The summed E-state index contributed by atoms with van der Waals surface area (Å²) >= 11 is 0. The standard InChI is InChI=1S/C10H18/c1-7-6-10(4,5)9(3)8(7)2/h6,8-9H,1-5H3/t8-,9-/m0/s1. The lowest BCUT2D eigenvalue weighted by molar-refractivity contribution is 0.279. The van der Waals surface area contributed by atoms with Crippen molar-refractivity contribution in [3.05, 3.63) is 11.6 Å². The predicted octanol–water partition coefficient (Wildman–Crippen LogP) is 3.24. The monoisotopic (exact) mass is 138 g/mol. The van der Waals surface area contributed by atoms with E-state index in [0.717, 1.165) is 11.8 Å². The maximum Gasteiger partial charge on any atom is -0.0141 e. The number of rotatable bonds is 0. The van der Waals surface area contributed by atoms with Crippen LogP contribution in [-0.4, -0.2) is 0 Å². The predicted molar refractivity (Wildman–Crippen MR) is 45.9 cm³/mol. The molecule has 1 aliphatic carbocycles. The Morgan fingerprint density at radius 1 is 1.30 bits per heavy atom. The second kappa shape index (κ2) is 2.11. The summed E-state index contributed by atoms with van der Waals surface area (Å²) in [7, 11) is 0. The molecule has 0 amide bonds. The summed E-state index contributed by atoms with van der Waals surface area (Å²) in [6.07, 6.45) is 2.42. The Balaban J connectivity index is 2.87. The number of hydrogen-bond acceptors (Lipinski definition) is 0. The van der Waals surface area contributed by atoms with Crippen molar-refractivity contribution in [2.24, 2.45) is 17.3 Å². The van der Waals surface area contributed by atoms with Crippen LogP contribution in [0.1, 0.15) is 34.6 Å². The van der Waals surface area contributed by atoms with Crippen LogP contribution in [0.25, 0.3) is 0 Å². The summed E-state index contributed by atoms with van der Waals surface area (Å²) < 4.78 is 0. The molecule has 10 heavy (non-hydrogen) atoms. The van der Waals surface area contributed by atoms with Gasteiger partial charge >= 0.3 is 0 Å². The van der Waals surface area contributed by atoms with Crippen molar-refractivity contribution in [2.75, 3.05) is 0 Å². The summed E-state index contributed by atoms with van der Waals surface area (Å²) in [5, 5.41) is 0. The van der Waals surface area contributed by atoms with Crippen LogP contribution >= 0.6 is 0 Å². The van der Waals surface area contributed by atoms with Crippen molar-refractivity contribution in [2.45, 2.75) is 34.6 Å². The van der Waals surface area contributed by atoms with Crippen molar-refractivity contribution in [1.82, 2.24) is 0 Å². The molecule has 1 rings (SSSR count). The fourth-order valence-corrected chi connectivity index (χ4v) is 1.89. The lowest BCUT2D eigenvalue weighted by atomic mass is 9.79. The lowest BCUT2D eigenvalue weighted by Gasteiger charge is -2.25. The zero-order valence-corrected chi connectivity index (χ0v) is 7.73. The minimum Gasteiger partial charge on any atom is -0.0794 e. The van der Waals surface area contributed by atoms with Crippen LogP contribution in [0, 0.1) is 17.3 Å². The first kappa shape index (κ1) is 7.84. The quantitative estimate of drug-likeness (QED) is 0.451. The fourth-order valence-electron chi connectivity index (χ4n) is 1.89. The summed E-state index contributed by atoms with van der Waals surface area (Å²) in [6, 6.07) is 0. The van der Waals surface area contributed by atoms with Gasteiger partial charge in [-0.15, -0.1) is 0 Å². The third-order valence-electron chi connectivity index (χ3n) is 3.24. The topological polar surface area (TPSA) is 0 Å². The van der Waals surface area contributed by atoms with Crippen molar-refractivity contribution in [3.63, 3.8) is 0 Å². The first-order chi connectivity index (χ1) is 4.45. The van der Waals surface area contributed by atoms with Gasteiger partial charge in [0, 0.05) is 0 Å². The van der Waals surface area contributed by atoms with Gasteiger partial charge in [-0.05, 0) is 24.2 Å². The molecule has 0 heterocycles. The van der Waals surface area contributed by atoms with Gasteiger partial charge in [0.1, 0.15) is 0 Å². The molecule has 0 radical (unpaired) electrons. The third-order valence-corrected chi connectivity index (χ3v) is 3.24. The Bertz CT molecular complexity index is 163. The van der Waals surface area contributed by atoms with Gasteiger partial charge in [-0.1, -0.05) is 39.3 Å². The highest BCUT2D eigenvalue weighted by Gasteiger charge is 2.34. The van der Waals surface area contributed by atoms with Crippen LogP contribution in [0.15, 0.2) is 11.6 Å². The second-order valence-electron chi connectivity index (χ2n) is 4.29. The molecule has 0 saturated heterocycles. The maximum absolute atomic E-state index is 2.42. The Labute approximate surface area is 64.3 Å². The average Bonchev–Trinajstić information content (AvgIpc) is 1.95. The van der Waals surface area contributed by atoms with E-state index < -0.39 is 0 Å². The molecule has 0 aliphatic heterocycles. The van der Waals surface area contributed by atoms with Crippen LogP contribution in [0.2, 0.25) is 0 Å². The maximum atomic E-state index is 2.42. The molecule has 58 valence electrons. The number of allylic oxidation sites excluding steroid dienone is 2. The minimum absolute atomic E-state index is 0.434. The van der Waals surface area contributed by atoms with Crippen LogP contribution in [0.3, 0.4) is 0 Å². The van der Waals surface area contributed by atoms with Crippen LogP contribution < -0.4 is 0 Å². The molecule has 0 fully saturated rings. The van der Waals surface area contributed by atoms with Crippen LogP contribution in [-0.2, 0) is 0 Å². The van der Waals surface area contributed by atoms with E-state index in [4.69, 9.17) is 0 Å². The van der Waals surface area contributed by atoms with Gasteiger partial charge in [-0.2, -0.15) is 0 Å². The molecule has 0 unspecified atom stereocenters. The highest BCUT2D eigenvalue weighted by atomic mass is 14.4.